The maximum absolute atomic E-state index is 11.1. The maximum atomic E-state index is 11.1. The van der Waals surface area contributed by atoms with Crippen LogP contribution in [-0.4, -0.2) is 41.7 Å². The molecule has 0 unspecified atom stereocenters. The summed E-state index contributed by atoms with van der Waals surface area (Å²) < 4.78 is 1.43. The molecular formula is C10H11N9OS. The molecule has 0 atom stereocenters. The third-order valence-corrected chi connectivity index (χ3v) is 3.20. The van der Waals surface area contributed by atoms with Gasteiger partial charge in [-0.15, -0.1) is 0 Å². The van der Waals surface area contributed by atoms with Gasteiger partial charge in [0.15, 0.2) is 0 Å². The minimum atomic E-state index is -0.0957. The van der Waals surface area contributed by atoms with Crippen LogP contribution in [0.25, 0.3) is 5.95 Å². The smallest absolute Gasteiger partial charge is 0.304 e. The molecule has 0 aromatic carbocycles. The molecule has 10 nitrogen and oxygen atoms in total. The van der Waals surface area contributed by atoms with Gasteiger partial charge in [0.1, 0.15) is 12.7 Å². The molecule has 0 spiro atoms. The topological polar surface area (TPSA) is 126 Å². The van der Waals surface area contributed by atoms with Gasteiger partial charge in [0.2, 0.25) is 11.9 Å². The number of hydrogen-bond acceptors (Lipinski definition) is 9. The van der Waals surface area contributed by atoms with Crippen molar-refractivity contribution < 1.29 is 0 Å². The van der Waals surface area contributed by atoms with E-state index in [0.717, 1.165) is 17.0 Å². The summed E-state index contributed by atoms with van der Waals surface area (Å²) in [5.74, 6) is 1.11. The van der Waals surface area contributed by atoms with Crippen LogP contribution in [0.2, 0.25) is 0 Å². The highest BCUT2D eigenvalue weighted by atomic mass is 32.1. The Bertz CT molecular complexity index is 778. The zero-order chi connectivity index (χ0) is 14.7. The van der Waals surface area contributed by atoms with E-state index in [2.05, 4.69) is 40.7 Å². The van der Waals surface area contributed by atoms with Crippen LogP contribution in [0.1, 0.15) is 5.69 Å². The van der Waals surface area contributed by atoms with Crippen molar-refractivity contribution in [2.24, 2.45) is 0 Å². The fourth-order valence-electron chi connectivity index (χ4n) is 1.54. The first-order chi connectivity index (χ1) is 10.2. The number of hydrogen-bond donors (Lipinski definition) is 3. The molecular weight excluding hydrogens is 294 g/mol. The van der Waals surface area contributed by atoms with Crippen LogP contribution in [0, 0.1) is 0 Å². The first kappa shape index (κ1) is 13.2. The van der Waals surface area contributed by atoms with Crippen LogP contribution in [0.4, 0.5) is 11.9 Å². The summed E-state index contributed by atoms with van der Waals surface area (Å²) in [5.41, 5.74) is 0.763. The molecule has 0 bridgehead atoms. The van der Waals surface area contributed by atoms with Crippen molar-refractivity contribution in [1.29, 1.82) is 0 Å². The highest BCUT2D eigenvalue weighted by Crippen LogP contribution is 2.09. The third kappa shape index (κ3) is 3.02. The number of aromatic amines is 1. The van der Waals surface area contributed by atoms with Crippen molar-refractivity contribution in [2.45, 2.75) is 6.54 Å². The second-order valence-corrected chi connectivity index (χ2v) is 4.74. The molecule has 0 fully saturated rings. The van der Waals surface area contributed by atoms with Gasteiger partial charge in [-0.1, -0.05) is 11.3 Å². The lowest BCUT2D eigenvalue weighted by atomic mass is 10.5. The van der Waals surface area contributed by atoms with Crippen molar-refractivity contribution in [1.82, 2.24) is 34.7 Å². The minimum Gasteiger partial charge on any atom is -0.357 e. The Morgan fingerprint density at radius 3 is 2.86 bits per heavy atom. The highest BCUT2D eigenvalue weighted by Gasteiger charge is 2.08. The standard InChI is InChI=1S/C10H11N9OS/c1-11-7-16-8(13-2-6-3-21-10(20)15-6)18-9(17-7)19-5-12-4-14-19/h3-5H,2H2,1H3,(H,15,20)(H2,11,13,16,17,18). The van der Waals surface area contributed by atoms with E-state index in [1.807, 2.05) is 0 Å². The fraction of sp³-hybridized carbons (Fsp3) is 0.200. The molecule has 21 heavy (non-hydrogen) atoms. The highest BCUT2D eigenvalue weighted by molar-refractivity contribution is 7.07. The Morgan fingerprint density at radius 2 is 2.19 bits per heavy atom. The summed E-state index contributed by atoms with van der Waals surface area (Å²) in [6, 6.07) is 0. The van der Waals surface area contributed by atoms with Gasteiger partial charge in [-0.3, -0.25) is 4.79 Å². The van der Waals surface area contributed by atoms with Gasteiger partial charge in [0.05, 0.1) is 6.54 Å². The summed E-state index contributed by atoms with van der Waals surface area (Å²) in [6.45, 7) is 0.405. The number of anilines is 2. The van der Waals surface area contributed by atoms with Gasteiger partial charge in [0, 0.05) is 18.1 Å². The zero-order valence-electron chi connectivity index (χ0n) is 10.9. The lowest BCUT2D eigenvalue weighted by molar-refractivity contribution is 0.795. The van der Waals surface area contributed by atoms with E-state index in [9.17, 15) is 4.79 Å². The van der Waals surface area contributed by atoms with Crippen LogP contribution >= 0.6 is 11.3 Å². The molecule has 0 aliphatic carbocycles. The lowest BCUT2D eigenvalue weighted by Gasteiger charge is -2.07. The molecule has 3 N–H and O–H groups in total. The molecule has 11 heteroatoms. The predicted octanol–water partition coefficient (Wildman–Crippen LogP) is -0.144. The van der Waals surface area contributed by atoms with E-state index in [1.54, 1.807) is 12.4 Å². The first-order valence-electron chi connectivity index (χ1n) is 5.94. The molecule has 3 aromatic rings. The molecule has 0 saturated heterocycles. The molecule has 0 saturated carbocycles. The van der Waals surface area contributed by atoms with Crippen molar-refractivity contribution in [2.75, 3.05) is 17.7 Å². The van der Waals surface area contributed by atoms with Crippen LogP contribution in [0.15, 0.2) is 22.8 Å². The molecule has 0 aliphatic heterocycles. The number of thiazole rings is 1. The van der Waals surface area contributed by atoms with Crippen molar-refractivity contribution in [3.05, 3.63) is 33.4 Å². The molecule has 0 aliphatic rings. The summed E-state index contributed by atoms with van der Waals surface area (Å²) >= 11 is 1.11. The lowest BCUT2D eigenvalue weighted by Crippen LogP contribution is -2.12. The third-order valence-electron chi connectivity index (χ3n) is 2.48. The van der Waals surface area contributed by atoms with Gasteiger partial charge >= 0.3 is 4.87 Å². The number of H-pyrrole nitrogens is 1. The quantitative estimate of drug-likeness (QED) is 0.594. The largest absolute Gasteiger partial charge is 0.357 e. The summed E-state index contributed by atoms with van der Waals surface area (Å²) in [5, 5.41) is 11.6. The predicted molar refractivity (Wildman–Crippen MR) is 76.6 cm³/mol. The number of rotatable bonds is 5. The van der Waals surface area contributed by atoms with Crippen LogP contribution in [0.5, 0.6) is 0 Å². The Labute approximate surface area is 122 Å². The number of nitrogens with one attached hydrogen (secondary N) is 3. The van der Waals surface area contributed by atoms with Gasteiger partial charge in [0.25, 0.3) is 5.95 Å². The first-order valence-corrected chi connectivity index (χ1v) is 6.82. The SMILES string of the molecule is CNc1nc(NCc2csc(=O)[nH]2)nc(-n2cncn2)n1. The molecule has 3 aromatic heterocycles. The van der Waals surface area contributed by atoms with Crippen molar-refractivity contribution in [3.63, 3.8) is 0 Å². The normalized spacial score (nSPS) is 10.5. The van der Waals surface area contributed by atoms with E-state index in [-0.39, 0.29) is 4.87 Å². The molecule has 3 heterocycles. The zero-order valence-corrected chi connectivity index (χ0v) is 11.8. The van der Waals surface area contributed by atoms with Crippen molar-refractivity contribution >= 4 is 23.2 Å². The second kappa shape index (κ2) is 5.66. The van der Waals surface area contributed by atoms with Gasteiger partial charge in [-0.05, 0) is 0 Å². The Hall–Kier alpha value is -2.82. The van der Waals surface area contributed by atoms with Crippen LogP contribution < -0.4 is 15.5 Å². The van der Waals surface area contributed by atoms with Gasteiger partial charge in [-0.25, -0.2) is 4.98 Å². The van der Waals surface area contributed by atoms with E-state index in [4.69, 9.17) is 0 Å². The van der Waals surface area contributed by atoms with Crippen LogP contribution in [0.3, 0.4) is 0 Å². The molecule has 0 amide bonds. The van der Waals surface area contributed by atoms with Gasteiger partial charge < -0.3 is 15.6 Å². The van der Waals surface area contributed by atoms with E-state index >= 15 is 0 Å². The fourth-order valence-corrected chi connectivity index (χ4v) is 2.13. The molecule has 0 radical (unpaired) electrons. The average molecular weight is 305 g/mol. The monoisotopic (exact) mass is 305 g/mol. The molecule has 108 valence electrons. The van der Waals surface area contributed by atoms with Crippen molar-refractivity contribution in [3.8, 4) is 5.95 Å². The Morgan fingerprint density at radius 1 is 1.33 bits per heavy atom. The van der Waals surface area contributed by atoms with Crippen LogP contribution in [-0.2, 0) is 6.54 Å². The minimum absolute atomic E-state index is 0.0957. The Kier molecular flexibility index (Phi) is 3.55. The summed E-state index contributed by atoms with van der Waals surface area (Å²) in [6.07, 6.45) is 2.89. The van der Waals surface area contributed by atoms with Gasteiger partial charge in [-0.2, -0.15) is 24.7 Å². The average Bonchev–Trinajstić information content (AvgIpc) is 3.16. The van der Waals surface area contributed by atoms with E-state index < -0.39 is 0 Å². The summed E-state index contributed by atoms with van der Waals surface area (Å²) in [7, 11) is 1.71. The second-order valence-electron chi connectivity index (χ2n) is 3.90. The van der Waals surface area contributed by atoms with E-state index in [1.165, 1.54) is 17.3 Å². The number of aromatic nitrogens is 7. The summed E-state index contributed by atoms with van der Waals surface area (Å²) in [4.78, 5) is 30.2. The number of nitrogens with zero attached hydrogens (tertiary/aromatic N) is 6. The maximum Gasteiger partial charge on any atom is 0.304 e. The Balaban J connectivity index is 1.84. The molecule has 3 rings (SSSR count). The van der Waals surface area contributed by atoms with E-state index in [0.29, 0.717) is 24.4 Å².